The minimum absolute atomic E-state index is 0.359. The summed E-state index contributed by atoms with van der Waals surface area (Å²) < 4.78 is 5.44. The van der Waals surface area contributed by atoms with Crippen LogP contribution >= 0.6 is 0 Å². The highest BCUT2D eigenvalue weighted by Gasteiger charge is 2.26. The van der Waals surface area contributed by atoms with E-state index in [1.54, 1.807) is 0 Å². The van der Waals surface area contributed by atoms with Crippen molar-refractivity contribution in [2.45, 2.75) is 19.8 Å². The molecule has 2 heterocycles. The number of anilines is 1. The first kappa shape index (κ1) is 18.4. The average molecular weight is 375 g/mol. The maximum Gasteiger partial charge on any atom is 0.229 e. The number of aryl methyl sites for hydroxylation is 2. The Morgan fingerprint density at radius 1 is 1.07 bits per heavy atom. The van der Waals surface area contributed by atoms with Crippen molar-refractivity contribution in [3.8, 4) is 0 Å². The van der Waals surface area contributed by atoms with Crippen molar-refractivity contribution < 1.29 is 9.53 Å². The van der Waals surface area contributed by atoms with Crippen LogP contribution in [0.2, 0.25) is 0 Å². The molecule has 1 saturated heterocycles. The van der Waals surface area contributed by atoms with Gasteiger partial charge in [0.25, 0.3) is 0 Å². The molecule has 2 N–H and O–H groups in total. The van der Waals surface area contributed by atoms with Crippen molar-refractivity contribution in [3.63, 3.8) is 0 Å². The normalized spacial score (nSPS) is 15.6. The number of nitrogens with two attached hydrogens (primary N) is 1. The van der Waals surface area contributed by atoms with Gasteiger partial charge in [-0.2, -0.15) is 0 Å². The number of hydrogen-bond donors (Lipinski definition) is 1. The van der Waals surface area contributed by atoms with Gasteiger partial charge in [-0.3, -0.25) is 4.79 Å². The average Bonchev–Trinajstić information content (AvgIpc) is 2.70. The molecule has 1 aromatic heterocycles. The lowest BCUT2D eigenvalue weighted by molar-refractivity contribution is -0.118. The van der Waals surface area contributed by atoms with E-state index in [1.165, 1.54) is 0 Å². The summed E-state index contributed by atoms with van der Waals surface area (Å²) in [5, 5.41) is 2.24. The van der Waals surface area contributed by atoms with E-state index < -0.39 is 5.92 Å². The summed E-state index contributed by atoms with van der Waals surface area (Å²) in [4.78, 5) is 19.5. The van der Waals surface area contributed by atoms with Crippen molar-refractivity contribution in [2.24, 2.45) is 5.73 Å². The number of carbonyl (C=O) groups excluding carboxylic acids is 1. The quantitative estimate of drug-likeness (QED) is 0.760. The molecule has 2 aromatic carbocycles. The smallest absolute Gasteiger partial charge is 0.229 e. The Bertz CT molecular complexity index is 1000. The van der Waals surface area contributed by atoms with Crippen LogP contribution in [0, 0.1) is 13.8 Å². The van der Waals surface area contributed by atoms with E-state index in [9.17, 15) is 4.79 Å². The number of amides is 1. The van der Waals surface area contributed by atoms with Crippen molar-refractivity contribution >= 4 is 22.5 Å². The van der Waals surface area contributed by atoms with Gasteiger partial charge < -0.3 is 15.4 Å². The number of carbonyl (C=O) groups is 1. The highest BCUT2D eigenvalue weighted by molar-refractivity contribution is 5.89. The molecule has 144 valence electrons. The molecule has 0 radical (unpaired) electrons. The molecule has 1 aliphatic heterocycles. The summed E-state index contributed by atoms with van der Waals surface area (Å²) >= 11 is 0. The molecule has 1 fully saturated rings. The van der Waals surface area contributed by atoms with E-state index in [0.717, 1.165) is 52.1 Å². The second-order valence-corrected chi connectivity index (χ2v) is 7.34. The number of morpholine rings is 1. The van der Waals surface area contributed by atoms with Crippen LogP contribution in [0.15, 0.2) is 48.5 Å². The van der Waals surface area contributed by atoms with E-state index in [4.69, 9.17) is 15.5 Å². The molecular weight excluding hydrogens is 350 g/mol. The predicted octanol–water partition coefficient (Wildman–Crippen LogP) is 3.31. The van der Waals surface area contributed by atoms with Crippen molar-refractivity contribution in [1.82, 2.24) is 4.98 Å². The number of pyridine rings is 1. The SMILES string of the molecule is Cc1cc(N2CCOCC2)nc(C)c1C(C(N)=O)c1ccc2ccccc2c1. The summed E-state index contributed by atoms with van der Waals surface area (Å²) in [5.41, 5.74) is 9.55. The molecular formula is C23H25N3O2. The van der Waals surface area contributed by atoms with Crippen LogP contribution in [-0.4, -0.2) is 37.2 Å². The largest absolute Gasteiger partial charge is 0.378 e. The summed E-state index contributed by atoms with van der Waals surface area (Å²) in [7, 11) is 0. The van der Waals surface area contributed by atoms with Gasteiger partial charge in [-0.15, -0.1) is 0 Å². The van der Waals surface area contributed by atoms with Gasteiger partial charge in [0.15, 0.2) is 0 Å². The zero-order chi connectivity index (χ0) is 19.7. The third kappa shape index (κ3) is 3.45. The lowest BCUT2D eigenvalue weighted by Gasteiger charge is -2.29. The first-order chi connectivity index (χ1) is 13.5. The van der Waals surface area contributed by atoms with Gasteiger partial charge in [0.05, 0.1) is 19.1 Å². The number of aromatic nitrogens is 1. The van der Waals surface area contributed by atoms with Gasteiger partial charge in [0.1, 0.15) is 5.82 Å². The van der Waals surface area contributed by atoms with Crippen LogP contribution < -0.4 is 10.6 Å². The zero-order valence-corrected chi connectivity index (χ0v) is 16.3. The van der Waals surface area contributed by atoms with Gasteiger partial charge >= 0.3 is 0 Å². The van der Waals surface area contributed by atoms with E-state index in [-0.39, 0.29) is 5.91 Å². The molecule has 3 aromatic rings. The van der Waals surface area contributed by atoms with Gasteiger partial charge in [-0.05, 0) is 47.4 Å². The van der Waals surface area contributed by atoms with Gasteiger partial charge in [0, 0.05) is 18.8 Å². The van der Waals surface area contributed by atoms with Crippen molar-refractivity contribution in [1.29, 1.82) is 0 Å². The number of primary amides is 1. The Hall–Kier alpha value is -2.92. The van der Waals surface area contributed by atoms with Crippen LogP contribution in [0.25, 0.3) is 10.8 Å². The Morgan fingerprint density at radius 3 is 2.46 bits per heavy atom. The monoisotopic (exact) mass is 375 g/mol. The summed E-state index contributed by atoms with van der Waals surface area (Å²) in [6, 6.07) is 16.3. The van der Waals surface area contributed by atoms with Gasteiger partial charge in [0.2, 0.25) is 5.91 Å². The highest BCUT2D eigenvalue weighted by atomic mass is 16.5. The molecule has 1 atom stereocenters. The topological polar surface area (TPSA) is 68.4 Å². The second kappa shape index (κ2) is 7.60. The number of nitrogens with zero attached hydrogens (tertiary/aromatic N) is 2. The zero-order valence-electron chi connectivity index (χ0n) is 16.3. The summed E-state index contributed by atoms with van der Waals surface area (Å²) in [5.74, 6) is 0.0574. The summed E-state index contributed by atoms with van der Waals surface area (Å²) in [6.07, 6.45) is 0. The molecule has 28 heavy (non-hydrogen) atoms. The Morgan fingerprint density at radius 2 is 1.79 bits per heavy atom. The molecule has 5 nitrogen and oxygen atoms in total. The van der Waals surface area contributed by atoms with Crippen LogP contribution in [0.3, 0.4) is 0 Å². The van der Waals surface area contributed by atoms with E-state index in [2.05, 4.69) is 29.2 Å². The minimum Gasteiger partial charge on any atom is -0.378 e. The molecule has 0 saturated carbocycles. The fourth-order valence-corrected chi connectivity index (χ4v) is 4.07. The van der Waals surface area contributed by atoms with Crippen molar-refractivity contribution in [3.05, 3.63) is 70.9 Å². The maximum atomic E-state index is 12.5. The van der Waals surface area contributed by atoms with E-state index in [0.29, 0.717) is 13.2 Å². The number of fused-ring (bicyclic) bond motifs is 1. The molecule has 0 aliphatic carbocycles. The lowest BCUT2D eigenvalue weighted by atomic mass is 9.86. The second-order valence-electron chi connectivity index (χ2n) is 7.34. The van der Waals surface area contributed by atoms with E-state index in [1.807, 2.05) is 38.1 Å². The first-order valence-corrected chi connectivity index (χ1v) is 9.63. The van der Waals surface area contributed by atoms with Crippen LogP contribution in [0.5, 0.6) is 0 Å². The fourth-order valence-electron chi connectivity index (χ4n) is 4.07. The van der Waals surface area contributed by atoms with Crippen LogP contribution in [-0.2, 0) is 9.53 Å². The van der Waals surface area contributed by atoms with Gasteiger partial charge in [-0.25, -0.2) is 4.98 Å². The minimum atomic E-state index is -0.518. The predicted molar refractivity (Wildman–Crippen MR) is 112 cm³/mol. The molecule has 5 heteroatoms. The third-order valence-corrected chi connectivity index (χ3v) is 5.46. The number of benzene rings is 2. The Kier molecular flexibility index (Phi) is 5.01. The summed E-state index contributed by atoms with van der Waals surface area (Å²) in [6.45, 7) is 7.07. The molecule has 0 spiro atoms. The highest BCUT2D eigenvalue weighted by Crippen LogP contribution is 2.33. The van der Waals surface area contributed by atoms with Crippen LogP contribution in [0.1, 0.15) is 28.3 Å². The van der Waals surface area contributed by atoms with Gasteiger partial charge in [-0.1, -0.05) is 42.5 Å². The molecule has 1 amide bonds. The molecule has 0 bridgehead atoms. The Balaban J connectivity index is 1.77. The number of hydrogen-bond acceptors (Lipinski definition) is 4. The third-order valence-electron chi connectivity index (χ3n) is 5.46. The number of rotatable bonds is 4. The fraction of sp³-hybridized carbons (Fsp3) is 0.304. The maximum absolute atomic E-state index is 12.5. The van der Waals surface area contributed by atoms with Crippen LogP contribution in [0.4, 0.5) is 5.82 Å². The molecule has 1 aliphatic rings. The standard InChI is InChI=1S/C23H25N3O2/c1-15-13-20(26-9-11-28-12-10-26)25-16(2)21(15)22(23(24)27)19-8-7-17-5-3-4-6-18(17)14-19/h3-8,13-14,22H,9-12H2,1-2H3,(H2,24,27). The molecule has 1 unspecified atom stereocenters. The first-order valence-electron chi connectivity index (χ1n) is 9.63. The number of ether oxygens (including phenoxy) is 1. The van der Waals surface area contributed by atoms with E-state index >= 15 is 0 Å². The molecule has 4 rings (SSSR count). The Labute approximate surface area is 165 Å². The lowest BCUT2D eigenvalue weighted by Crippen LogP contribution is -2.37. The van der Waals surface area contributed by atoms with Crippen molar-refractivity contribution in [2.75, 3.05) is 31.2 Å².